The van der Waals surface area contributed by atoms with Crippen LogP contribution in [0.2, 0.25) is 0 Å². The van der Waals surface area contributed by atoms with Gasteiger partial charge in [0.1, 0.15) is 5.75 Å². The van der Waals surface area contributed by atoms with Crippen molar-refractivity contribution in [3.05, 3.63) is 28.6 Å². The molecular weight excluding hydrogens is 305 g/mol. The van der Waals surface area contributed by atoms with Gasteiger partial charge in [-0.05, 0) is 18.2 Å². The molecule has 1 aromatic heterocycles. The lowest BCUT2D eigenvalue weighted by atomic mass is 9.91. The van der Waals surface area contributed by atoms with E-state index in [1.54, 1.807) is 0 Å². The van der Waals surface area contributed by atoms with Crippen LogP contribution in [-0.4, -0.2) is 18.2 Å². The van der Waals surface area contributed by atoms with Gasteiger partial charge in [-0.15, -0.1) is 0 Å². The summed E-state index contributed by atoms with van der Waals surface area (Å²) in [6.07, 6.45) is -4.41. The van der Waals surface area contributed by atoms with E-state index in [2.05, 4.69) is 4.98 Å². The molecule has 1 fully saturated rings. The Labute approximate surface area is 121 Å². The molecule has 0 bridgehead atoms. The Morgan fingerprint density at radius 2 is 2.05 bits per heavy atom. The predicted molar refractivity (Wildman–Crippen MR) is 70.1 cm³/mol. The van der Waals surface area contributed by atoms with E-state index in [-0.39, 0.29) is 19.0 Å². The number of benzene rings is 1. The largest absolute Gasteiger partial charge is 0.476 e. The molecule has 21 heavy (non-hydrogen) atoms. The molecule has 3 heterocycles. The van der Waals surface area contributed by atoms with Crippen molar-refractivity contribution < 1.29 is 22.6 Å². The first-order valence-corrected chi connectivity index (χ1v) is 6.96. The van der Waals surface area contributed by atoms with Gasteiger partial charge in [0.25, 0.3) is 0 Å². The standard InChI is InChI=1S/C13H9F3N2O2S/c14-13(15,16)6-1-2-7-8(3-6)20-12(4-19-5-12)10-9(7)18-11(17)21-10/h1-3H,4-5H2,(H2,17,18). The maximum atomic E-state index is 12.8. The molecule has 2 aliphatic heterocycles. The molecule has 0 aliphatic carbocycles. The molecule has 0 unspecified atom stereocenters. The Kier molecular flexibility index (Phi) is 2.39. The first-order chi connectivity index (χ1) is 9.89. The van der Waals surface area contributed by atoms with Crippen molar-refractivity contribution in [2.24, 2.45) is 0 Å². The average Bonchev–Trinajstić information content (AvgIpc) is 2.76. The number of hydrogen-bond acceptors (Lipinski definition) is 5. The summed E-state index contributed by atoms with van der Waals surface area (Å²) >= 11 is 1.29. The van der Waals surface area contributed by atoms with Crippen molar-refractivity contribution in [3.63, 3.8) is 0 Å². The van der Waals surface area contributed by atoms with Crippen LogP contribution in [0, 0.1) is 0 Å². The summed E-state index contributed by atoms with van der Waals surface area (Å²) in [4.78, 5) is 5.06. The van der Waals surface area contributed by atoms with Gasteiger partial charge in [0, 0.05) is 5.56 Å². The van der Waals surface area contributed by atoms with E-state index >= 15 is 0 Å². The molecule has 0 amide bonds. The Morgan fingerprint density at radius 3 is 2.67 bits per heavy atom. The van der Waals surface area contributed by atoms with Gasteiger partial charge in [-0.25, -0.2) is 4.98 Å². The molecule has 1 saturated heterocycles. The van der Waals surface area contributed by atoms with Crippen molar-refractivity contribution in [1.29, 1.82) is 0 Å². The van der Waals surface area contributed by atoms with Crippen molar-refractivity contribution in [2.75, 3.05) is 18.9 Å². The second-order valence-corrected chi connectivity index (χ2v) is 6.06. The predicted octanol–water partition coefficient (Wildman–Crippen LogP) is 3.03. The number of thiazole rings is 1. The summed E-state index contributed by atoms with van der Waals surface area (Å²) in [6, 6.07) is 3.41. The minimum atomic E-state index is -4.41. The smallest absolute Gasteiger partial charge is 0.416 e. The van der Waals surface area contributed by atoms with Gasteiger partial charge >= 0.3 is 6.18 Å². The van der Waals surface area contributed by atoms with E-state index in [0.717, 1.165) is 17.0 Å². The van der Waals surface area contributed by atoms with Crippen molar-refractivity contribution in [2.45, 2.75) is 11.8 Å². The SMILES string of the molecule is Nc1nc2c(s1)C1(COC1)Oc1cc(C(F)(F)F)ccc1-2. The highest BCUT2D eigenvalue weighted by Crippen LogP contribution is 2.51. The summed E-state index contributed by atoms with van der Waals surface area (Å²) < 4.78 is 49.5. The van der Waals surface area contributed by atoms with Gasteiger partial charge in [-0.1, -0.05) is 11.3 Å². The number of hydrogen-bond donors (Lipinski definition) is 1. The molecule has 4 nitrogen and oxygen atoms in total. The van der Waals surface area contributed by atoms with Gasteiger partial charge in [-0.2, -0.15) is 13.2 Å². The molecule has 1 spiro atoms. The van der Waals surface area contributed by atoms with Crippen molar-refractivity contribution in [1.82, 2.24) is 4.98 Å². The van der Waals surface area contributed by atoms with E-state index < -0.39 is 17.3 Å². The molecule has 2 N–H and O–H groups in total. The molecule has 0 atom stereocenters. The molecule has 8 heteroatoms. The first kappa shape index (κ1) is 12.9. The number of aromatic nitrogens is 1. The Bertz CT molecular complexity index is 738. The highest BCUT2D eigenvalue weighted by molar-refractivity contribution is 7.16. The van der Waals surface area contributed by atoms with Crippen LogP contribution in [0.15, 0.2) is 18.2 Å². The van der Waals surface area contributed by atoms with E-state index in [0.29, 0.717) is 16.4 Å². The lowest BCUT2D eigenvalue weighted by molar-refractivity contribution is -0.167. The monoisotopic (exact) mass is 314 g/mol. The van der Waals surface area contributed by atoms with Crippen molar-refractivity contribution >= 4 is 16.5 Å². The normalized spacial score (nSPS) is 18.6. The molecule has 2 aromatic rings. The number of halogens is 3. The lowest BCUT2D eigenvalue weighted by Crippen LogP contribution is -2.52. The fraction of sp³-hybridized carbons (Fsp3) is 0.308. The van der Waals surface area contributed by atoms with Gasteiger partial charge in [0.05, 0.1) is 29.3 Å². The van der Waals surface area contributed by atoms with E-state index in [1.165, 1.54) is 17.4 Å². The number of fused-ring (bicyclic) bond motifs is 4. The Morgan fingerprint density at radius 1 is 1.29 bits per heavy atom. The molecule has 4 rings (SSSR count). The third kappa shape index (κ3) is 1.75. The third-order valence-corrected chi connectivity index (χ3v) is 4.67. The molecule has 0 saturated carbocycles. The van der Waals surface area contributed by atoms with Crippen LogP contribution in [0.5, 0.6) is 5.75 Å². The Balaban J connectivity index is 1.91. The van der Waals surface area contributed by atoms with E-state index in [4.69, 9.17) is 15.2 Å². The van der Waals surface area contributed by atoms with Crippen LogP contribution >= 0.6 is 11.3 Å². The van der Waals surface area contributed by atoms with Gasteiger partial charge in [0.15, 0.2) is 10.7 Å². The van der Waals surface area contributed by atoms with Crippen LogP contribution in [0.3, 0.4) is 0 Å². The molecule has 2 aliphatic rings. The number of anilines is 1. The van der Waals surface area contributed by atoms with Gasteiger partial charge in [0.2, 0.25) is 0 Å². The van der Waals surface area contributed by atoms with Crippen molar-refractivity contribution in [3.8, 4) is 17.0 Å². The van der Waals surface area contributed by atoms with Crippen LogP contribution in [0.4, 0.5) is 18.3 Å². The van der Waals surface area contributed by atoms with Crippen LogP contribution in [0.1, 0.15) is 10.4 Å². The molecular formula is C13H9F3N2O2S. The van der Waals surface area contributed by atoms with Crippen LogP contribution < -0.4 is 10.5 Å². The number of alkyl halides is 3. The number of nitrogen functional groups attached to an aromatic ring is 1. The summed E-state index contributed by atoms with van der Waals surface area (Å²) in [7, 11) is 0. The number of ether oxygens (including phenoxy) is 2. The minimum Gasteiger partial charge on any atom is -0.476 e. The van der Waals surface area contributed by atoms with Gasteiger partial charge < -0.3 is 15.2 Å². The molecule has 110 valence electrons. The highest BCUT2D eigenvalue weighted by atomic mass is 32.1. The Hall–Kier alpha value is -1.80. The fourth-order valence-corrected chi connectivity index (χ4v) is 3.48. The van der Waals surface area contributed by atoms with E-state index in [1.807, 2.05) is 0 Å². The summed E-state index contributed by atoms with van der Waals surface area (Å²) in [5.74, 6) is 0.172. The topological polar surface area (TPSA) is 57.4 Å². The third-order valence-electron chi connectivity index (χ3n) is 3.60. The second kappa shape index (κ2) is 3.89. The zero-order valence-electron chi connectivity index (χ0n) is 10.5. The summed E-state index contributed by atoms with van der Waals surface area (Å²) in [6.45, 7) is 0.578. The maximum Gasteiger partial charge on any atom is 0.416 e. The average molecular weight is 314 g/mol. The van der Waals surface area contributed by atoms with Crippen LogP contribution in [0.25, 0.3) is 11.3 Å². The number of rotatable bonds is 0. The fourth-order valence-electron chi connectivity index (χ4n) is 2.54. The van der Waals surface area contributed by atoms with E-state index in [9.17, 15) is 13.2 Å². The van der Waals surface area contributed by atoms with Crippen LogP contribution in [-0.2, 0) is 16.5 Å². The quantitative estimate of drug-likeness (QED) is 0.812. The lowest BCUT2D eigenvalue weighted by Gasteiger charge is -2.43. The zero-order chi connectivity index (χ0) is 14.8. The number of nitrogens with two attached hydrogens (primary N) is 1. The molecule has 1 aromatic carbocycles. The maximum absolute atomic E-state index is 12.8. The summed E-state index contributed by atoms with van der Waals surface area (Å²) in [5.41, 5.74) is 5.37. The highest BCUT2D eigenvalue weighted by Gasteiger charge is 2.50. The first-order valence-electron chi connectivity index (χ1n) is 6.14. The molecule has 0 radical (unpaired) electrons. The summed E-state index contributed by atoms with van der Waals surface area (Å²) in [5, 5.41) is 0.364. The number of nitrogens with zero attached hydrogens (tertiary/aromatic N) is 1. The zero-order valence-corrected chi connectivity index (χ0v) is 11.3. The van der Waals surface area contributed by atoms with Gasteiger partial charge in [-0.3, -0.25) is 0 Å². The second-order valence-electron chi connectivity index (χ2n) is 5.03. The minimum absolute atomic E-state index is 0.172.